The van der Waals surface area contributed by atoms with Crippen molar-refractivity contribution in [2.24, 2.45) is 0 Å². The highest BCUT2D eigenvalue weighted by Crippen LogP contribution is 2.29. The van der Waals surface area contributed by atoms with Gasteiger partial charge in [0.2, 0.25) is 11.7 Å². The van der Waals surface area contributed by atoms with E-state index in [9.17, 15) is 10.2 Å². The normalized spacial score (nSPS) is 11.6. The van der Waals surface area contributed by atoms with Gasteiger partial charge in [0.25, 0.3) is 0 Å². The smallest absolute Gasteiger partial charge is 0.240 e. The highest BCUT2D eigenvalue weighted by molar-refractivity contribution is 5.96. The molecule has 0 spiro atoms. The zero-order valence-electron chi connectivity index (χ0n) is 16.9. The average Bonchev–Trinajstić information content (AvgIpc) is 3.45. The zero-order valence-corrected chi connectivity index (χ0v) is 16.9. The van der Waals surface area contributed by atoms with Gasteiger partial charge in [0.15, 0.2) is 23.4 Å². The fourth-order valence-corrected chi connectivity index (χ4v) is 3.26. The highest BCUT2D eigenvalue weighted by Gasteiger charge is 2.19. The third-order valence-corrected chi connectivity index (χ3v) is 4.81. The van der Waals surface area contributed by atoms with E-state index in [1.165, 1.54) is 6.20 Å². The lowest BCUT2D eigenvalue weighted by Gasteiger charge is -2.10. The summed E-state index contributed by atoms with van der Waals surface area (Å²) in [5.41, 5.74) is 1.93. The van der Waals surface area contributed by atoms with Gasteiger partial charge in [-0.2, -0.15) is 4.52 Å². The van der Waals surface area contributed by atoms with E-state index in [0.29, 0.717) is 40.1 Å². The maximum Gasteiger partial charge on any atom is 0.240 e. The summed E-state index contributed by atoms with van der Waals surface area (Å²) in [6, 6.07) is 12.5. The Hall–Kier alpha value is -3.93. The Kier molecular flexibility index (Phi) is 5.19. The molecule has 5 rings (SSSR count). The molecule has 0 aliphatic carbocycles. The van der Waals surface area contributed by atoms with Crippen LogP contribution in [0.2, 0.25) is 0 Å². The topological polar surface area (TPSA) is 141 Å². The summed E-state index contributed by atoms with van der Waals surface area (Å²) in [6.07, 6.45) is -0.184. The average molecular weight is 434 g/mol. The molecule has 0 bridgehead atoms. The predicted molar refractivity (Wildman–Crippen MR) is 110 cm³/mol. The molecule has 162 valence electrons. The summed E-state index contributed by atoms with van der Waals surface area (Å²) in [5, 5.41) is 37.2. The lowest BCUT2D eigenvalue weighted by atomic mass is 10.2. The Bertz CT molecular complexity index is 1380. The molecule has 2 N–H and O–H groups in total. The molecule has 11 heteroatoms. The first kappa shape index (κ1) is 20.0. The van der Waals surface area contributed by atoms with Crippen molar-refractivity contribution in [3.63, 3.8) is 0 Å². The third kappa shape index (κ3) is 3.64. The predicted octanol–water partition coefficient (Wildman–Crippen LogP) is 2.04. The molecule has 0 atom stereocenters. The van der Waals surface area contributed by atoms with Crippen molar-refractivity contribution in [1.29, 1.82) is 0 Å². The maximum absolute atomic E-state index is 9.21. The van der Waals surface area contributed by atoms with Gasteiger partial charge in [-0.25, -0.2) is 0 Å². The van der Waals surface area contributed by atoms with Crippen LogP contribution in [0.3, 0.4) is 0 Å². The van der Waals surface area contributed by atoms with Gasteiger partial charge in [-0.3, -0.25) is 4.98 Å². The van der Waals surface area contributed by atoms with E-state index in [0.717, 1.165) is 10.8 Å². The Balaban J connectivity index is 1.53. The molecule has 1 aromatic carbocycles. The molecule has 0 aliphatic heterocycles. The fourth-order valence-electron chi connectivity index (χ4n) is 3.26. The molecule has 0 saturated heterocycles. The van der Waals surface area contributed by atoms with Crippen LogP contribution in [0.15, 0.2) is 53.2 Å². The number of aromatic nitrogens is 6. The molecule has 0 unspecified atom stereocenters. The van der Waals surface area contributed by atoms with Crippen LogP contribution >= 0.6 is 0 Å². The molecule has 4 heterocycles. The van der Waals surface area contributed by atoms with Crippen molar-refractivity contribution in [3.05, 3.63) is 65.7 Å². The molecule has 0 aliphatic rings. The number of fused-ring (bicyclic) bond motifs is 3. The number of aliphatic hydroxyl groups is 2. The Labute approximate surface area is 180 Å². The van der Waals surface area contributed by atoms with Gasteiger partial charge in [0.1, 0.15) is 13.2 Å². The summed E-state index contributed by atoms with van der Waals surface area (Å²) in [7, 11) is 1.57. The number of pyridine rings is 1. The summed E-state index contributed by atoms with van der Waals surface area (Å²) in [6.45, 7) is 0.414. The minimum absolute atomic E-state index is 0.129. The molecule has 4 aromatic heterocycles. The van der Waals surface area contributed by atoms with Gasteiger partial charge in [0.05, 0.1) is 5.69 Å². The first-order valence-electron chi connectivity index (χ1n) is 9.67. The van der Waals surface area contributed by atoms with E-state index < -0.39 is 6.29 Å². The highest BCUT2D eigenvalue weighted by atomic mass is 16.5. The summed E-state index contributed by atoms with van der Waals surface area (Å²) in [5.74, 6) is 1.32. The summed E-state index contributed by atoms with van der Waals surface area (Å²) < 4.78 is 17.9. The lowest BCUT2D eigenvalue weighted by Crippen LogP contribution is -2.05. The summed E-state index contributed by atoms with van der Waals surface area (Å²) >= 11 is 0. The van der Waals surface area contributed by atoms with E-state index in [1.807, 2.05) is 24.3 Å². The van der Waals surface area contributed by atoms with Crippen LogP contribution in [-0.2, 0) is 18.0 Å². The van der Waals surface area contributed by atoms with Gasteiger partial charge in [0, 0.05) is 35.7 Å². The Morgan fingerprint density at radius 1 is 1.06 bits per heavy atom. The monoisotopic (exact) mass is 434 g/mol. The van der Waals surface area contributed by atoms with Crippen molar-refractivity contribution < 1.29 is 24.2 Å². The minimum atomic E-state index is -1.57. The van der Waals surface area contributed by atoms with Gasteiger partial charge in [-0.1, -0.05) is 29.4 Å². The second-order valence-electron chi connectivity index (χ2n) is 6.97. The van der Waals surface area contributed by atoms with Crippen molar-refractivity contribution in [3.8, 4) is 17.4 Å². The largest absolute Gasteiger partial charge is 0.470 e. The Morgan fingerprint density at radius 2 is 1.91 bits per heavy atom. The molecule has 0 fully saturated rings. The Morgan fingerprint density at radius 3 is 2.66 bits per heavy atom. The second-order valence-corrected chi connectivity index (χ2v) is 6.97. The van der Waals surface area contributed by atoms with E-state index in [2.05, 4.69) is 25.4 Å². The maximum atomic E-state index is 9.21. The SMILES string of the molecule is COCc1cc(-c2nnc3c4ccccc4c(OCc4ccc(C(O)O)cn4)nn23)no1. The van der Waals surface area contributed by atoms with Crippen LogP contribution in [0.1, 0.15) is 23.3 Å². The number of hydrogen-bond donors (Lipinski definition) is 2. The molecule has 0 radical (unpaired) electrons. The van der Waals surface area contributed by atoms with Gasteiger partial charge in [-0.15, -0.1) is 15.3 Å². The van der Waals surface area contributed by atoms with Crippen LogP contribution < -0.4 is 4.74 Å². The molecule has 5 aromatic rings. The van der Waals surface area contributed by atoms with Crippen LogP contribution in [0, 0.1) is 0 Å². The number of aliphatic hydroxyl groups excluding tert-OH is 1. The molecule has 0 saturated carbocycles. The first-order valence-corrected chi connectivity index (χ1v) is 9.67. The number of benzene rings is 1. The van der Waals surface area contributed by atoms with E-state index in [-0.39, 0.29) is 13.2 Å². The molecule has 0 amide bonds. The van der Waals surface area contributed by atoms with E-state index in [4.69, 9.17) is 14.0 Å². The number of nitrogens with zero attached hydrogens (tertiary/aromatic N) is 6. The van der Waals surface area contributed by atoms with Crippen LogP contribution in [0.5, 0.6) is 5.88 Å². The molecular weight excluding hydrogens is 416 g/mol. The molecule has 11 nitrogen and oxygen atoms in total. The van der Waals surface area contributed by atoms with Crippen molar-refractivity contribution in [2.75, 3.05) is 7.11 Å². The second kappa shape index (κ2) is 8.30. The number of hydrogen-bond acceptors (Lipinski definition) is 10. The van der Waals surface area contributed by atoms with Crippen LogP contribution in [0.4, 0.5) is 0 Å². The number of methoxy groups -OCH3 is 1. The number of rotatable bonds is 7. The lowest BCUT2D eigenvalue weighted by molar-refractivity contribution is -0.0427. The zero-order chi connectivity index (χ0) is 22.1. The van der Waals surface area contributed by atoms with Crippen LogP contribution in [0.25, 0.3) is 27.9 Å². The molecule has 32 heavy (non-hydrogen) atoms. The van der Waals surface area contributed by atoms with E-state index in [1.54, 1.807) is 29.8 Å². The van der Waals surface area contributed by atoms with Gasteiger partial charge < -0.3 is 24.2 Å². The van der Waals surface area contributed by atoms with Crippen LogP contribution in [-0.4, -0.2) is 47.3 Å². The summed E-state index contributed by atoms with van der Waals surface area (Å²) in [4.78, 5) is 4.19. The van der Waals surface area contributed by atoms with Gasteiger partial charge in [-0.05, 0) is 12.1 Å². The fraction of sp³-hybridized carbons (Fsp3) is 0.190. The molecular formula is C21H18N6O5. The van der Waals surface area contributed by atoms with Gasteiger partial charge >= 0.3 is 0 Å². The van der Waals surface area contributed by atoms with E-state index >= 15 is 0 Å². The quantitative estimate of drug-likeness (QED) is 0.366. The third-order valence-electron chi connectivity index (χ3n) is 4.81. The standard InChI is InChI=1S/C21H18N6O5/c1-30-11-14-8-17(26-32-14)19-24-23-18-15-4-2-3-5-16(15)20(25-27(18)19)31-10-13-7-6-12(9-22-13)21(28)29/h2-9,21,28-29H,10-11H2,1H3. The van der Waals surface area contributed by atoms with Crippen molar-refractivity contribution in [2.45, 2.75) is 19.5 Å². The van der Waals surface area contributed by atoms with Crippen molar-refractivity contribution in [1.82, 2.24) is 30.0 Å². The first-order chi connectivity index (χ1) is 15.6. The van der Waals surface area contributed by atoms with Crippen molar-refractivity contribution >= 4 is 16.4 Å². The number of ether oxygens (including phenoxy) is 2. The minimum Gasteiger partial charge on any atom is -0.470 e.